The van der Waals surface area contributed by atoms with Crippen LogP contribution in [0.2, 0.25) is 0 Å². The number of hydrogen-bond donors (Lipinski definition) is 1. The lowest BCUT2D eigenvalue weighted by Gasteiger charge is -2.36. The Labute approximate surface area is 126 Å². The summed E-state index contributed by atoms with van der Waals surface area (Å²) in [4.78, 5) is 0. The smallest absolute Gasteiger partial charge is 0.0138 e. The summed E-state index contributed by atoms with van der Waals surface area (Å²) in [6.45, 7) is 18.4. The third-order valence-electron chi connectivity index (χ3n) is 5.08. The molecule has 0 aromatic carbocycles. The molecule has 0 amide bonds. The third kappa shape index (κ3) is 3.75. The first-order chi connectivity index (χ1) is 8.94. The highest BCUT2D eigenvalue weighted by Crippen LogP contribution is 2.50. The predicted molar refractivity (Wildman–Crippen MR) is 90.8 cm³/mol. The van der Waals surface area contributed by atoms with Gasteiger partial charge in [0.2, 0.25) is 0 Å². The molecule has 1 aliphatic rings. The number of rotatable bonds is 6. The molecule has 1 nitrogen and oxygen atoms in total. The van der Waals surface area contributed by atoms with Gasteiger partial charge in [0.25, 0.3) is 0 Å². The van der Waals surface area contributed by atoms with Crippen LogP contribution in [0.15, 0.2) is 22.8 Å². The van der Waals surface area contributed by atoms with E-state index in [1.807, 2.05) is 0 Å². The second-order valence-corrected chi connectivity index (χ2v) is 8.43. The van der Waals surface area contributed by atoms with Gasteiger partial charge in [0.1, 0.15) is 0 Å². The Balaban J connectivity index is 3.30. The van der Waals surface area contributed by atoms with Crippen LogP contribution in [-0.4, -0.2) is 5.54 Å². The van der Waals surface area contributed by atoms with Gasteiger partial charge in [0, 0.05) is 5.54 Å². The van der Waals surface area contributed by atoms with Crippen LogP contribution >= 0.6 is 0 Å². The van der Waals surface area contributed by atoms with Gasteiger partial charge in [-0.1, -0.05) is 53.2 Å². The Morgan fingerprint density at radius 3 is 1.85 bits per heavy atom. The van der Waals surface area contributed by atoms with Crippen molar-refractivity contribution in [3.63, 3.8) is 0 Å². The minimum atomic E-state index is -0.132. The fourth-order valence-corrected chi connectivity index (χ4v) is 3.12. The summed E-state index contributed by atoms with van der Waals surface area (Å²) in [6, 6.07) is 0. The van der Waals surface area contributed by atoms with E-state index in [0.717, 1.165) is 12.8 Å². The Morgan fingerprint density at radius 2 is 1.45 bits per heavy atom. The summed E-state index contributed by atoms with van der Waals surface area (Å²) >= 11 is 0. The quantitative estimate of drug-likeness (QED) is 0.670. The average Bonchev–Trinajstić information content (AvgIpc) is 2.71. The van der Waals surface area contributed by atoms with Crippen LogP contribution < -0.4 is 5.73 Å². The van der Waals surface area contributed by atoms with Gasteiger partial charge in [-0.3, -0.25) is 0 Å². The van der Waals surface area contributed by atoms with Crippen molar-refractivity contribution in [2.75, 3.05) is 0 Å². The molecule has 0 saturated heterocycles. The minimum absolute atomic E-state index is 0.132. The molecule has 2 N–H and O–H groups in total. The van der Waals surface area contributed by atoms with E-state index in [-0.39, 0.29) is 11.0 Å². The van der Waals surface area contributed by atoms with Crippen LogP contribution in [0.25, 0.3) is 0 Å². The fourth-order valence-electron chi connectivity index (χ4n) is 3.12. The first-order valence-electron chi connectivity index (χ1n) is 8.17. The van der Waals surface area contributed by atoms with Crippen molar-refractivity contribution in [2.24, 2.45) is 16.6 Å². The third-order valence-corrected chi connectivity index (χ3v) is 5.08. The van der Waals surface area contributed by atoms with Crippen LogP contribution in [0, 0.1) is 10.8 Å². The van der Waals surface area contributed by atoms with Crippen LogP contribution in [0.5, 0.6) is 0 Å². The second kappa shape index (κ2) is 5.67. The number of allylic oxidation sites excluding steroid dienone is 3. The van der Waals surface area contributed by atoms with E-state index in [2.05, 4.69) is 61.5 Å². The summed E-state index contributed by atoms with van der Waals surface area (Å²) < 4.78 is 0. The lowest BCUT2D eigenvalue weighted by Crippen LogP contribution is -2.33. The molecule has 0 aliphatic heterocycles. The molecule has 0 radical (unpaired) electrons. The van der Waals surface area contributed by atoms with Crippen LogP contribution in [0.4, 0.5) is 0 Å². The van der Waals surface area contributed by atoms with Crippen LogP contribution in [-0.2, 0) is 0 Å². The SMILES string of the molecule is CCC(C)(C)C1=C(C(C)(C)CC)C(CC(C)(C)N)=CC1. The molecule has 20 heavy (non-hydrogen) atoms. The van der Waals surface area contributed by atoms with Crippen molar-refractivity contribution >= 4 is 0 Å². The normalized spacial score (nSPS) is 17.8. The zero-order chi connectivity index (χ0) is 15.8. The molecule has 116 valence electrons. The molecule has 0 heterocycles. The van der Waals surface area contributed by atoms with E-state index in [4.69, 9.17) is 5.73 Å². The van der Waals surface area contributed by atoms with Crippen molar-refractivity contribution in [2.45, 2.75) is 86.6 Å². The van der Waals surface area contributed by atoms with Gasteiger partial charge >= 0.3 is 0 Å². The Bertz CT molecular complexity index is 414. The van der Waals surface area contributed by atoms with E-state index in [1.54, 1.807) is 11.1 Å². The molecule has 0 spiro atoms. The van der Waals surface area contributed by atoms with Gasteiger partial charge in [-0.25, -0.2) is 0 Å². The summed E-state index contributed by atoms with van der Waals surface area (Å²) in [7, 11) is 0. The summed E-state index contributed by atoms with van der Waals surface area (Å²) in [6.07, 6.45) is 6.90. The molecule has 0 saturated carbocycles. The highest BCUT2D eigenvalue weighted by molar-refractivity contribution is 5.48. The van der Waals surface area contributed by atoms with Crippen molar-refractivity contribution in [1.29, 1.82) is 0 Å². The van der Waals surface area contributed by atoms with Gasteiger partial charge in [0.15, 0.2) is 0 Å². The molecule has 0 atom stereocenters. The van der Waals surface area contributed by atoms with Crippen LogP contribution in [0.1, 0.15) is 81.1 Å². The van der Waals surface area contributed by atoms with E-state index >= 15 is 0 Å². The van der Waals surface area contributed by atoms with Crippen molar-refractivity contribution in [3.05, 3.63) is 22.8 Å². The van der Waals surface area contributed by atoms with Crippen LogP contribution in [0.3, 0.4) is 0 Å². The summed E-state index contributed by atoms with van der Waals surface area (Å²) in [5.74, 6) is 0. The molecule has 0 fully saturated rings. The Hall–Kier alpha value is -0.560. The van der Waals surface area contributed by atoms with Crippen molar-refractivity contribution < 1.29 is 0 Å². The molecule has 0 aromatic heterocycles. The zero-order valence-corrected chi connectivity index (χ0v) is 15.0. The Kier molecular flexibility index (Phi) is 4.96. The van der Waals surface area contributed by atoms with E-state index in [1.165, 1.54) is 18.4 Å². The van der Waals surface area contributed by atoms with Gasteiger partial charge in [-0.05, 0) is 61.5 Å². The number of nitrogens with two attached hydrogens (primary N) is 1. The number of hydrogen-bond acceptors (Lipinski definition) is 1. The predicted octanol–water partition coefficient (Wildman–Crippen LogP) is 5.61. The van der Waals surface area contributed by atoms with Gasteiger partial charge < -0.3 is 5.73 Å². The van der Waals surface area contributed by atoms with Crippen molar-refractivity contribution in [1.82, 2.24) is 0 Å². The van der Waals surface area contributed by atoms with Crippen molar-refractivity contribution in [3.8, 4) is 0 Å². The first kappa shape index (κ1) is 17.5. The summed E-state index contributed by atoms with van der Waals surface area (Å²) in [5.41, 5.74) is 11.4. The lowest BCUT2D eigenvalue weighted by molar-refractivity contribution is 0.378. The van der Waals surface area contributed by atoms with E-state index in [9.17, 15) is 0 Å². The summed E-state index contributed by atoms with van der Waals surface area (Å²) in [5, 5.41) is 0. The molecule has 1 heteroatoms. The molecule has 0 bridgehead atoms. The lowest BCUT2D eigenvalue weighted by atomic mass is 9.70. The van der Waals surface area contributed by atoms with Gasteiger partial charge in [-0.15, -0.1) is 0 Å². The minimum Gasteiger partial charge on any atom is -0.325 e. The maximum Gasteiger partial charge on any atom is 0.0138 e. The highest BCUT2D eigenvalue weighted by atomic mass is 14.7. The Morgan fingerprint density at radius 1 is 0.950 bits per heavy atom. The zero-order valence-electron chi connectivity index (χ0n) is 15.0. The molecular formula is C19H35N. The van der Waals surface area contributed by atoms with Gasteiger partial charge in [-0.2, -0.15) is 0 Å². The molecule has 0 unspecified atom stereocenters. The maximum atomic E-state index is 6.29. The molecule has 0 aromatic rings. The molecular weight excluding hydrogens is 242 g/mol. The molecule has 1 aliphatic carbocycles. The first-order valence-corrected chi connectivity index (χ1v) is 8.17. The highest BCUT2D eigenvalue weighted by Gasteiger charge is 2.36. The average molecular weight is 277 g/mol. The largest absolute Gasteiger partial charge is 0.325 e. The standard InChI is InChI=1S/C19H35N/c1-9-17(3,4)15-12-11-14(13-19(7,8)20)16(15)18(5,6)10-2/h11H,9-10,12-13,20H2,1-8H3. The monoisotopic (exact) mass is 277 g/mol. The second-order valence-electron chi connectivity index (χ2n) is 8.43. The van der Waals surface area contributed by atoms with Gasteiger partial charge in [0.05, 0.1) is 0 Å². The maximum absolute atomic E-state index is 6.29. The van der Waals surface area contributed by atoms with E-state index < -0.39 is 0 Å². The van der Waals surface area contributed by atoms with E-state index in [0.29, 0.717) is 5.41 Å². The fraction of sp³-hybridized carbons (Fsp3) is 0.789. The molecule has 1 rings (SSSR count). The topological polar surface area (TPSA) is 26.0 Å².